The van der Waals surface area contributed by atoms with Gasteiger partial charge in [-0.3, -0.25) is 19.6 Å². The topological polar surface area (TPSA) is 99.3 Å². The molecule has 30 heavy (non-hydrogen) atoms. The number of halogens is 1. The molecule has 0 unspecified atom stereocenters. The molecule has 156 valence electrons. The zero-order valence-electron chi connectivity index (χ0n) is 16.6. The average molecular weight is 473 g/mol. The monoisotopic (exact) mass is 472 g/mol. The third-order valence-electron chi connectivity index (χ3n) is 4.49. The van der Waals surface area contributed by atoms with Crippen molar-refractivity contribution in [3.63, 3.8) is 0 Å². The van der Waals surface area contributed by atoms with Gasteiger partial charge >= 0.3 is 0 Å². The minimum absolute atomic E-state index is 0.0522. The van der Waals surface area contributed by atoms with Crippen LogP contribution in [0.4, 0.5) is 5.69 Å². The number of hydrogen-bond donors (Lipinski definition) is 1. The van der Waals surface area contributed by atoms with Gasteiger partial charge in [0.05, 0.1) is 21.6 Å². The van der Waals surface area contributed by atoms with Gasteiger partial charge in [0.2, 0.25) is 0 Å². The molecule has 8 nitrogen and oxygen atoms in total. The molecule has 0 radical (unpaired) electrons. The maximum absolute atomic E-state index is 12.5. The minimum Gasteiger partial charge on any atom is -0.489 e. The summed E-state index contributed by atoms with van der Waals surface area (Å²) in [6, 6.07) is 11.7. The van der Waals surface area contributed by atoms with Crippen LogP contribution in [0.2, 0.25) is 0 Å². The van der Waals surface area contributed by atoms with Crippen LogP contribution in [-0.4, -0.2) is 20.6 Å². The van der Waals surface area contributed by atoms with E-state index in [1.807, 2.05) is 19.2 Å². The number of aryl methyl sites for hydroxylation is 2. The van der Waals surface area contributed by atoms with Gasteiger partial charge in [0, 0.05) is 29.9 Å². The van der Waals surface area contributed by atoms with Crippen molar-refractivity contribution in [1.82, 2.24) is 15.1 Å². The first-order chi connectivity index (χ1) is 14.4. The molecule has 0 fully saturated rings. The van der Waals surface area contributed by atoms with Gasteiger partial charge in [0.15, 0.2) is 0 Å². The van der Waals surface area contributed by atoms with E-state index in [0.717, 1.165) is 22.3 Å². The van der Waals surface area contributed by atoms with E-state index in [2.05, 4.69) is 26.3 Å². The van der Waals surface area contributed by atoms with E-state index in [1.165, 1.54) is 6.07 Å². The van der Waals surface area contributed by atoms with Crippen LogP contribution in [0.1, 0.15) is 34.1 Å². The lowest BCUT2D eigenvalue weighted by Gasteiger charge is -2.09. The summed E-state index contributed by atoms with van der Waals surface area (Å²) < 4.78 is 8.38. The summed E-state index contributed by atoms with van der Waals surface area (Å²) in [5.41, 5.74) is 2.68. The number of carbonyl (C=O) groups excluding carboxylic acids is 1. The van der Waals surface area contributed by atoms with E-state index in [-0.39, 0.29) is 18.2 Å². The van der Waals surface area contributed by atoms with Gasteiger partial charge < -0.3 is 10.1 Å². The van der Waals surface area contributed by atoms with Crippen molar-refractivity contribution in [1.29, 1.82) is 0 Å². The molecular weight excluding hydrogens is 452 g/mol. The summed E-state index contributed by atoms with van der Waals surface area (Å²) in [6.45, 7) is 4.97. The predicted octanol–water partition coefficient (Wildman–Crippen LogP) is 4.39. The Hall–Kier alpha value is -3.20. The molecule has 0 spiro atoms. The highest BCUT2D eigenvalue weighted by Gasteiger charge is 2.12. The molecule has 2 aromatic carbocycles. The van der Waals surface area contributed by atoms with E-state index in [4.69, 9.17) is 4.74 Å². The fourth-order valence-corrected chi connectivity index (χ4v) is 3.33. The van der Waals surface area contributed by atoms with Crippen LogP contribution in [0, 0.1) is 17.0 Å². The molecule has 0 bridgehead atoms. The fraction of sp³-hybridized carbons (Fsp3) is 0.238. The summed E-state index contributed by atoms with van der Waals surface area (Å²) in [7, 11) is 0. The number of nitro groups is 1. The van der Waals surface area contributed by atoms with Gasteiger partial charge in [0.1, 0.15) is 12.4 Å². The molecule has 1 aromatic heterocycles. The third-order valence-corrected chi connectivity index (χ3v) is 5.15. The first kappa shape index (κ1) is 21.5. The number of hydrogen-bond acceptors (Lipinski definition) is 5. The van der Waals surface area contributed by atoms with Crippen LogP contribution in [0.15, 0.2) is 53.1 Å². The maximum Gasteiger partial charge on any atom is 0.272 e. The van der Waals surface area contributed by atoms with Crippen LogP contribution in [-0.2, 0) is 19.7 Å². The van der Waals surface area contributed by atoms with Crippen molar-refractivity contribution < 1.29 is 14.5 Å². The quantitative estimate of drug-likeness (QED) is 0.387. The molecule has 1 amide bonds. The number of carbonyl (C=O) groups is 1. The Morgan fingerprint density at radius 1 is 1.30 bits per heavy atom. The van der Waals surface area contributed by atoms with E-state index in [1.54, 1.807) is 41.9 Å². The molecule has 0 aliphatic carbocycles. The second-order valence-corrected chi connectivity index (χ2v) is 7.51. The Labute approximate surface area is 182 Å². The molecule has 1 heterocycles. The van der Waals surface area contributed by atoms with E-state index in [9.17, 15) is 14.9 Å². The van der Waals surface area contributed by atoms with Gasteiger partial charge in [-0.25, -0.2) is 0 Å². The number of amides is 1. The average Bonchev–Trinajstić information content (AvgIpc) is 3.10. The molecule has 9 heteroatoms. The van der Waals surface area contributed by atoms with E-state index >= 15 is 0 Å². The predicted molar refractivity (Wildman–Crippen MR) is 115 cm³/mol. The van der Waals surface area contributed by atoms with Crippen molar-refractivity contribution >= 4 is 27.5 Å². The number of nitrogens with zero attached hydrogens (tertiary/aromatic N) is 3. The third kappa shape index (κ3) is 5.24. The van der Waals surface area contributed by atoms with Crippen LogP contribution < -0.4 is 10.1 Å². The number of nitro benzene ring substituents is 1. The molecule has 0 saturated heterocycles. The maximum atomic E-state index is 12.5. The molecule has 0 aliphatic rings. The van der Waals surface area contributed by atoms with Crippen LogP contribution in [0.5, 0.6) is 5.75 Å². The van der Waals surface area contributed by atoms with Crippen molar-refractivity contribution in [2.24, 2.45) is 0 Å². The summed E-state index contributed by atoms with van der Waals surface area (Å²) in [5, 5.41) is 18.2. The molecule has 3 aromatic rings. The second-order valence-electron chi connectivity index (χ2n) is 6.66. The van der Waals surface area contributed by atoms with Crippen molar-refractivity contribution in [3.8, 4) is 5.75 Å². The molecule has 1 N–H and O–H groups in total. The molecule has 0 aliphatic heterocycles. The molecule has 3 rings (SSSR count). The molecule has 0 saturated carbocycles. The van der Waals surface area contributed by atoms with Crippen molar-refractivity contribution in [2.45, 2.75) is 33.5 Å². The minimum atomic E-state index is -0.424. The highest BCUT2D eigenvalue weighted by Crippen LogP contribution is 2.24. The second kappa shape index (κ2) is 9.53. The molecule has 0 atom stereocenters. The normalized spacial score (nSPS) is 10.6. The van der Waals surface area contributed by atoms with Gasteiger partial charge in [-0.05, 0) is 59.6 Å². The van der Waals surface area contributed by atoms with Gasteiger partial charge in [-0.1, -0.05) is 12.1 Å². The smallest absolute Gasteiger partial charge is 0.272 e. The SMILES string of the molecule is CCn1cc(Br)c(CNC(=O)c2cccc(COc3ccc([N+](=O)[O-])c(C)c3)c2)n1. The largest absolute Gasteiger partial charge is 0.489 e. The lowest BCUT2D eigenvalue weighted by Crippen LogP contribution is -2.23. The summed E-state index contributed by atoms with van der Waals surface area (Å²) in [5.74, 6) is 0.324. The summed E-state index contributed by atoms with van der Waals surface area (Å²) in [4.78, 5) is 23.0. The van der Waals surface area contributed by atoms with E-state index < -0.39 is 4.92 Å². The van der Waals surface area contributed by atoms with Gasteiger partial charge in [0.25, 0.3) is 11.6 Å². The van der Waals surface area contributed by atoms with Crippen molar-refractivity contribution in [3.05, 3.63) is 85.6 Å². The zero-order chi connectivity index (χ0) is 21.7. The Bertz CT molecular complexity index is 1080. The Kier molecular flexibility index (Phi) is 6.83. The first-order valence-corrected chi connectivity index (χ1v) is 10.1. The Morgan fingerprint density at radius 2 is 2.10 bits per heavy atom. The standard InChI is InChI=1S/C21H21BrN4O4/c1-3-25-12-18(22)19(24-25)11-23-21(27)16-6-4-5-15(10-16)13-30-17-7-8-20(26(28)29)14(2)9-17/h4-10,12H,3,11,13H2,1-2H3,(H,23,27). The van der Waals surface area contributed by atoms with Gasteiger partial charge in [-0.2, -0.15) is 5.10 Å². The van der Waals surface area contributed by atoms with Crippen LogP contribution in [0.25, 0.3) is 0 Å². The first-order valence-electron chi connectivity index (χ1n) is 9.34. The Balaban J connectivity index is 1.61. The number of aromatic nitrogens is 2. The zero-order valence-corrected chi connectivity index (χ0v) is 18.2. The van der Waals surface area contributed by atoms with Crippen molar-refractivity contribution in [2.75, 3.05) is 0 Å². The number of benzene rings is 2. The summed E-state index contributed by atoms with van der Waals surface area (Å²) in [6.07, 6.45) is 1.87. The van der Waals surface area contributed by atoms with Gasteiger partial charge in [-0.15, -0.1) is 0 Å². The fourth-order valence-electron chi connectivity index (χ4n) is 2.88. The lowest BCUT2D eigenvalue weighted by molar-refractivity contribution is -0.385. The highest BCUT2D eigenvalue weighted by molar-refractivity contribution is 9.10. The number of rotatable bonds is 8. The van der Waals surface area contributed by atoms with Crippen LogP contribution in [0.3, 0.4) is 0 Å². The lowest BCUT2D eigenvalue weighted by atomic mass is 10.1. The summed E-state index contributed by atoms with van der Waals surface area (Å²) >= 11 is 3.45. The van der Waals surface area contributed by atoms with Crippen LogP contribution >= 0.6 is 15.9 Å². The highest BCUT2D eigenvalue weighted by atomic mass is 79.9. The molecular formula is C21H21BrN4O4. The number of nitrogens with one attached hydrogen (secondary N) is 1. The number of ether oxygens (including phenoxy) is 1. The Morgan fingerprint density at radius 3 is 2.77 bits per heavy atom. The van der Waals surface area contributed by atoms with E-state index in [0.29, 0.717) is 23.4 Å².